The maximum atomic E-state index is 12.6. The van der Waals surface area contributed by atoms with E-state index in [1.165, 1.54) is 22.9 Å². The fraction of sp³-hybridized carbons (Fsp3) is 0.263. The number of benzene rings is 2. The Kier molecular flexibility index (Phi) is 4.63. The quantitative estimate of drug-likeness (QED) is 0.652. The number of amides is 1. The fourth-order valence-corrected chi connectivity index (χ4v) is 4.95. The lowest BCUT2D eigenvalue weighted by Gasteiger charge is -2.28. The molecular weight excluding hydrogens is 352 g/mol. The van der Waals surface area contributed by atoms with Gasteiger partial charge in [0.25, 0.3) is 0 Å². The maximum Gasteiger partial charge on any atom is 0.233 e. The first kappa shape index (κ1) is 16.4. The molecule has 1 aromatic heterocycles. The second-order valence-electron chi connectivity index (χ2n) is 5.94. The Labute approximate surface area is 154 Å². The molecule has 0 saturated carbocycles. The van der Waals surface area contributed by atoms with Gasteiger partial charge < -0.3 is 9.64 Å². The zero-order chi connectivity index (χ0) is 17.2. The summed E-state index contributed by atoms with van der Waals surface area (Å²) in [7, 11) is 1.65. The topological polar surface area (TPSA) is 42.4 Å². The monoisotopic (exact) mass is 370 g/mol. The number of thioether (sulfide) groups is 1. The molecule has 3 aromatic rings. The molecule has 4 nitrogen and oxygen atoms in total. The zero-order valence-electron chi connectivity index (χ0n) is 13.9. The van der Waals surface area contributed by atoms with Gasteiger partial charge in [-0.25, -0.2) is 4.98 Å². The van der Waals surface area contributed by atoms with Gasteiger partial charge in [0.05, 0.1) is 23.1 Å². The number of hydrogen-bond acceptors (Lipinski definition) is 5. The average Bonchev–Trinajstić information content (AvgIpc) is 3.07. The molecule has 0 aliphatic carbocycles. The number of ether oxygens (including phenoxy) is 1. The molecule has 6 heteroatoms. The lowest BCUT2D eigenvalue weighted by atomic mass is 10.00. The van der Waals surface area contributed by atoms with E-state index in [-0.39, 0.29) is 5.91 Å². The first-order valence-corrected chi connectivity index (χ1v) is 9.95. The van der Waals surface area contributed by atoms with Crippen molar-refractivity contribution in [1.29, 1.82) is 0 Å². The Bertz CT molecular complexity index is 923. The predicted octanol–water partition coefficient (Wildman–Crippen LogP) is 3.98. The van der Waals surface area contributed by atoms with Gasteiger partial charge in [-0.2, -0.15) is 0 Å². The van der Waals surface area contributed by atoms with E-state index >= 15 is 0 Å². The van der Waals surface area contributed by atoms with Crippen LogP contribution < -0.4 is 4.74 Å². The number of rotatable bonds is 4. The van der Waals surface area contributed by atoms with Crippen LogP contribution in [-0.2, 0) is 17.8 Å². The SMILES string of the molecule is COc1ccc2sc(SCC(=O)N3CCc4ccccc4C3)nc2c1. The van der Waals surface area contributed by atoms with Crippen LogP contribution in [0.4, 0.5) is 0 Å². The molecule has 2 aromatic carbocycles. The first-order valence-electron chi connectivity index (χ1n) is 8.15. The summed E-state index contributed by atoms with van der Waals surface area (Å²) >= 11 is 3.14. The molecule has 0 N–H and O–H groups in total. The highest BCUT2D eigenvalue weighted by molar-refractivity contribution is 8.01. The van der Waals surface area contributed by atoms with Crippen molar-refractivity contribution in [1.82, 2.24) is 9.88 Å². The van der Waals surface area contributed by atoms with Crippen LogP contribution in [-0.4, -0.2) is 35.2 Å². The van der Waals surface area contributed by atoms with Crippen LogP contribution in [0.15, 0.2) is 46.8 Å². The van der Waals surface area contributed by atoms with E-state index in [1.807, 2.05) is 29.2 Å². The van der Waals surface area contributed by atoms with Gasteiger partial charge in [0, 0.05) is 19.2 Å². The Balaban J connectivity index is 1.40. The second-order valence-corrected chi connectivity index (χ2v) is 8.19. The molecule has 1 amide bonds. The third-order valence-electron chi connectivity index (χ3n) is 4.38. The number of carbonyl (C=O) groups is 1. The largest absolute Gasteiger partial charge is 0.497 e. The summed E-state index contributed by atoms with van der Waals surface area (Å²) in [5, 5.41) is 0. The Morgan fingerprint density at radius 1 is 1.28 bits per heavy atom. The number of aromatic nitrogens is 1. The van der Waals surface area contributed by atoms with Gasteiger partial charge in [-0.1, -0.05) is 36.0 Å². The minimum atomic E-state index is 0.177. The lowest BCUT2D eigenvalue weighted by molar-refractivity contribution is -0.129. The summed E-state index contributed by atoms with van der Waals surface area (Å²) in [6.07, 6.45) is 0.938. The third-order valence-corrected chi connectivity index (χ3v) is 6.54. The molecule has 128 valence electrons. The summed E-state index contributed by atoms with van der Waals surface area (Å²) in [6, 6.07) is 14.2. The summed E-state index contributed by atoms with van der Waals surface area (Å²) in [4.78, 5) is 19.1. The van der Waals surface area contributed by atoms with E-state index in [2.05, 4.69) is 23.2 Å². The second kappa shape index (κ2) is 7.06. The predicted molar refractivity (Wildman–Crippen MR) is 102 cm³/mol. The van der Waals surface area contributed by atoms with E-state index in [0.29, 0.717) is 12.3 Å². The van der Waals surface area contributed by atoms with Crippen molar-refractivity contribution < 1.29 is 9.53 Å². The van der Waals surface area contributed by atoms with Crippen molar-refractivity contribution in [3.63, 3.8) is 0 Å². The van der Waals surface area contributed by atoms with E-state index in [1.54, 1.807) is 18.4 Å². The van der Waals surface area contributed by atoms with Crippen molar-refractivity contribution >= 4 is 39.2 Å². The van der Waals surface area contributed by atoms with Gasteiger partial charge >= 0.3 is 0 Å². The van der Waals surface area contributed by atoms with Crippen molar-refractivity contribution in [2.75, 3.05) is 19.4 Å². The summed E-state index contributed by atoms with van der Waals surface area (Å²) < 4.78 is 7.27. The molecule has 0 radical (unpaired) electrons. The molecule has 2 heterocycles. The van der Waals surface area contributed by atoms with E-state index in [4.69, 9.17) is 4.74 Å². The molecule has 0 saturated heterocycles. The highest BCUT2D eigenvalue weighted by atomic mass is 32.2. The van der Waals surface area contributed by atoms with Crippen molar-refractivity contribution in [2.45, 2.75) is 17.3 Å². The number of fused-ring (bicyclic) bond motifs is 2. The maximum absolute atomic E-state index is 12.6. The van der Waals surface area contributed by atoms with Gasteiger partial charge in [-0.15, -0.1) is 11.3 Å². The molecule has 0 atom stereocenters. The van der Waals surface area contributed by atoms with Crippen LogP contribution >= 0.6 is 23.1 Å². The number of carbonyl (C=O) groups excluding carboxylic acids is 1. The van der Waals surface area contributed by atoms with Crippen LogP contribution in [0.1, 0.15) is 11.1 Å². The van der Waals surface area contributed by atoms with Gasteiger partial charge in [-0.05, 0) is 29.7 Å². The zero-order valence-corrected chi connectivity index (χ0v) is 15.5. The molecule has 4 rings (SSSR count). The average molecular weight is 370 g/mol. The minimum Gasteiger partial charge on any atom is -0.497 e. The van der Waals surface area contributed by atoms with Crippen LogP contribution in [0.2, 0.25) is 0 Å². The Morgan fingerprint density at radius 3 is 2.96 bits per heavy atom. The minimum absolute atomic E-state index is 0.177. The number of methoxy groups -OCH3 is 1. The number of nitrogens with zero attached hydrogens (tertiary/aromatic N) is 2. The standard InChI is InChI=1S/C19H18N2O2S2/c1-23-15-6-7-17-16(10-15)20-19(25-17)24-12-18(22)21-9-8-13-4-2-3-5-14(13)11-21/h2-7,10H,8-9,11-12H2,1H3. The first-order chi connectivity index (χ1) is 12.2. The summed E-state index contributed by atoms with van der Waals surface area (Å²) in [6.45, 7) is 1.51. The van der Waals surface area contributed by atoms with Crippen molar-refractivity contribution in [2.24, 2.45) is 0 Å². The summed E-state index contributed by atoms with van der Waals surface area (Å²) in [5.41, 5.74) is 3.55. The normalized spacial score (nSPS) is 13.7. The van der Waals surface area contributed by atoms with E-state index in [9.17, 15) is 4.79 Å². The molecule has 0 spiro atoms. The number of thiazole rings is 1. The molecule has 1 aliphatic heterocycles. The molecule has 1 aliphatic rings. The highest BCUT2D eigenvalue weighted by Gasteiger charge is 2.20. The fourth-order valence-electron chi connectivity index (χ4n) is 3.00. The molecule has 0 bridgehead atoms. The third kappa shape index (κ3) is 3.50. The smallest absolute Gasteiger partial charge is 0.233 e. The van der Waals surface area contributed by atoms with E-state index < -0.39 is 0 Å². The van der Waals surface area contributed by atoms with Crippen molar-refractivity contribution in [3.8, 4) is 5.75 Å². The van der Waals surface area contributed by atoms with Gasteiger partial charge in [-0.3, -0.25) is 4.79 Å². The van der Waals surface area contributed by atoms with Gasteiger partial charge in [0.15, 0.2) is 4.34 Å². The van der Waals surface area contributed by atoms with Crippen LogP contribution in [0, 0.1) is 0 Å². The molecule has 25 heavy (non-hydrogen) atoms. The Morgan fingerprint density at radius 2 is 2.12 bits per heavy atom. The van der Waals surface area contributed by atoms with Crippen LogP contribution in [0.3, 0.4) is 0 Å². The Hall–Kier alpha value is -2.05. The molecule has 0 unspecified atom stereocenters. The summed E-state index contributed by atoms with van der Waals surface area (Å²) in [5.74, 6) is 1.41. The molecule has 0 fully saturated rings. The van der Waals surface area contributed by atoms with E-state index in [0.717, 1.165) is 33.3 Å². The van der Waals surface area contributed by atoms with Gasteiger partial charge in [0.1, 0.15) is 5.75 Å². The molecular formula is C19H18N2O2S2. The number of hydrogen-bond donors (Lipinski definition) is 0. The lowest BCUT2D eigenvalue weighted by Crippen LogP contribution is -2.37. The van der Waals surface area contributed by atoms with Gasteiger partial charge in [0.2, 0.25) is 5.91 Å². The van der Waals surface area contributed by atoms with Crippen molar-refractivity contribution in [3.05, 3.63) is 53.6 Å². The van der Waals surface area contributed by atoms with Crippen LogP contribution in [0.25, 0.3) is 10.2 Å². The van der Waals surface area contributed by atoms with Crippen LogP contribution in [0.5, 0.6) is 5.75 Å². The highest BCUT2D eigenvalue weighted by Crippen LogP contribution is 2.32.